The van der Waals surface area contributed by atoms with Crippen molar-refractivity contribution in [3.63, 3.8) is 0 Å². The third kappa shape index (κ3) is 3.99. The van der Waals surface area contributed by atoms with Crippen LogP contribution < -0.4 is 5.32 Å². The predicted molar refractivity (Wildman–Crippen MR) is 87.8 cm³/mol. The molecule has 5 heteroatoms. The molecule has 2 unspecified atom stereocenters. The van der Waals surface area contributed by atoms with Crippen LogP contribution in [-0.2, 0) is 10.4 Å². The third-order valence-electron chi connectivity index (χ3n) is 4.08. The molecule has 0 radical (unpaired) electrons. The number of hydrogen-bond acceptors (Lipinski definition) is 4. The van der Waals surface area contributed by atoms with Crippen LogP contribution in [0.5, 0.6) is 0 Å². The van der Waals surface area contributed by atoms with Gasteiger partial charge in [0.2, 0.25) is 5.91 Å². The average Bonchev–Trinajstić information content (AvgIpc) is 2.84. The molecule has 23 heavy (non-hydrogen) atoms. The Morgan fingerprint density at radius 3 is 2.52 bits per heavy atom. The van der Waals surface area contributed by atoms with Gasteiger partial charge in [0.15, 0.2) is 0 Å². The van der Waals surface area contributed by atoms with Crippen molar-refractivity contribution >= 4 is 5.91 Å². The Hall–Kier alpha value is -2.14. The van der Waals surface area contributed by atoms with E-state index >= 15 is 0 Å². The Morgan fingerprint density at radius 2 is 2.00 bits per heavy atom. The van der Waals surface area contributed by atoms with Crippen molar-refractivity contribution < 1.29 is 14.4 Å². The normalized spacial score (nSPS) is 15.0. The van der Waals surface area contributed by atoms with Gasteiger partial charge in [-0.3, -0.25) is 4.79 Å². The standard InChI is InChI=1S/C18H24N2O3/c1-5-15(17-12(2)20-23-13(17)3)19-16(21)11-18(4,22)14-9-7-6-8-10-14/h6-10,15,22H,5,11H2,1-4H3,(H,19,21). The molecule has 0 aliphatic rings. The number of hydrogen-bond donors (Lipinski definition) is 2. The Bertz CT molecular complexity index is 643. The maximum Gasteiger partial charge on any atom is 0.223 e. The molecule has 2 rings (SSSR count). The molecule has 0 bridgehead atoms. The zero-order valence-corrected chi connectivity index (χ0v) is 14.1. The maximum atomic E-state index is 12.4. The summed E-state index contributed by atoms with van der Waals surface area (Å²) in [5.41, 5.74) is 1.22. The highest BCUT2D eigenvalue weighted by Gasteiger charge is 2.28. The number of benzene rings is 1. The van der Waals surface area contributed by atoms with Gasteiger partial charge in [-0.2, -0.15) is 0 Å². The molecule has 5 nitrogen and oxygen atoms in total. The van der Waals surface area contributed by atoms with Gasteiger partial charge in [-0.25, -0.2) is 0 Å². The fourth-order valence-corrected chi connectivity index (χ4v) is 2.82. The molecule has 0 saturated carbocycles. The van der Waals surface area contributed by atoms with Crippen LogP contribution in [-0.4, -0.2) is 16.2 Å². The molecular formula is C18H24N2O3. The van der Waals surface area contributed by atoms with Crippen LogP contribution in [0.25, 0.3) is 0 Å². The Balaban J connectivity index is 2.09. The number of aryl methyl sites for hydroxylation is 2. The molecule has 1 aromatic carbocycles. The summed E-state index contributed by atoms with van der Waals surface area (Å²) in [7, 11) is 0. The van der Waals surface area contributed by atoms with Crippen molar-refractivity contribution in [2.45, 2.75) is 52.2 Å². The first kappa shape index (κ1) is 17.2. The molecule has 1 aromatic heterocycles. The minimum absolute atomic E-state index is 0.00309. The number of amides is 1. The highest BCUT2D eigenvalue weighted by molar-refractivity contribution is 5.77. The van der Waals surface area contributed by atoms with Crippen LogP contribution >= 0.6 is 0 Å². The maximum absolute atomic E-state index is 12.4. The smallest absolute Gasteiger partial charge is 0.223 e. The van der Waals surface area contributed by atoms with Gasteiger partial charge in [-0.05, 0) is 32.8 Å². The minimum atomic E-state index is -1.21. The van der Waals surface area contributed by atoms with E-state index in [4.69, 9.17) is 4.52 Å². The summed E-state index contributed by atoms with van der Waals surface area (Å²) in [5, 5.41) is 17.5. The molecule has 0 spiro atoms. The lowest BCUT2D eigenvalue weighted by molar-refractivity contribution is -0.126. The summed E-state index contributed by atoms with van der Waals surface area (Å²) < 4.78 is 5.18. The molecule has 0 fully saturated rings. The zero-order chi connectivity index (χ0) is 17.0. The van der Waals surface area contributed by atoms with Crippen LogP contribution in [0.2, 0.25) is 0 Å². The van der Waals surface area contributed by atoms with Crippen LogP contribution in [0.15, 0.2) is 34.9 Å². The molecule has 1 heterocycles. The van der Waals surface area contributed by atoms with Crippen molar-refractivity contribution in [3.05, 3.63) is 52.9 Å². The summed E-state index contributed by atoms with van der Waals surface area (Å²) in [6.45, 7) is 7.34. The summed E-state index contributed by atoms with van der Waals surface area (Å²) >= 11 is 0. The molecular weight excluding hydrogens is 292 g/mol. The van der Waals surface area contributed by atoms with Crippen molar-refractivity contribution in [2.24, 2.45) is 0 Å². The van der Waals surface area contributed by atoms with E-state index in [1.807, 2.05) is 51.1 Å². The molecule has 1 amide bonds. The van der Waals surface area contributed by atoms with Gasteiger partial charge < -0.3 is 14.9 Å². The quantitative estimate of drug-likeness (QED) is 0.858. The van der Waals surface area contributed by atoms with Gasteiger partial charge in [-0.1, -0.05) is 42.4 Å². The lowest BCUT2D eigenvalue weighted by Crippen LogP contribution is -2.35. The SMILES string of the molecule is CCC(NC(=O)CC(C)(O)c1ccccc1)c1c(C)noc1C. The van der Waals surface area contributed by atoms with Gasteiger partial charge in [0.05, 0.1) is 23.8 Å². The van der Waals surface area contributed by atoms with E-state index in [1.54, 1.807) is 6.92 Å². The second-order valence-electron chi connectivity index (χ2n) is 6.08. The number of nitrogens with zero attached hydrogens (tertiary/aromatic N) is 1. The van der Waals surface area contributed by atoms with E-state index in [0.717, 1.165) is 23.2 Å². The van der Waals surface area contributed by atoms with Crippen LogP contribution in [0, 0.1) is 13.8 Å². The molecule has 0 aliphatic heterocycles. The van der Waals surface area contributed by atoms with Crippen molar-refractivity contribution in [1.82, 2.24) is 10.5 Å². The van der Waals surface area contributed by atoms with Crippen molar-refractivity contribution in [2.75, 3.05) is 0 Å². The minimum Gasteiger partial charge on any atom is -0.385 e. The monoisotopic (exact) mass is 316 g/mol. The summed E-state index contributed by atoms with van der Waals surface area (Å²) in [6, 6.07) is 9.04. The summed E-state index contributed by atoms with van der Waals surface area (Å²) in [6.07, 6.45) is 0.721. The topological polar surface area (TPSA) is 75.4 Å². The average molecular weight is 316 g/mol. The Kier molecular flexibility index (Phi) is 5.21. The lowest BCUT2D eigenvalue weighted by Gasteiger charge is -2.25. The first-order chi connectivity index (χ1) is 10.8. The molecule has 0 saturated heterocycles. The van der Waals surface area contributed by atoms with E-state index < -0.39 is 5.60 Å². The lowest BCUT2D eigenvalue weighted by atomic mass is 9.92. The van der Waals surface area contributed by atoms with Crippen LogP contribution in [0.4, 0.5) is 0 Å². The van der Waals surface area contributed by atoms with Gasteiger partial charge >= 0.3 is 0 Å². The first-order valence-electron chi connectivity index (χ1n) is 7.85. The predicted octanol–water partition coefficient (Wildman–Crippen LogP) is 3.16. The zero-order valence-electron chi connectivity index (χ0n) is 14.1. The molecule has 2 atom stereocenters. The van der Waals surface area contributed by atoms with Crippen molar-refractivity contribution in [1.29, 1.82) is 0 Å². The fraction of sp³-hybridized carbons (Fsp3) is 0.444. The number of carbonyl (C=O) groups excluding carboxylic acids is 1. The molecule has 0 aliphatic carbocycles. The van der Waals surface area contributed by atoms with E-state index in [1.165, 1.54) is 0 Å². The molecule has 2 aromatic rings. The largest absolute Gasteiger partial charge is 0.385 e. The van der Waals surface area contributed by atoms with Gasteiger partial charge in [-0.15, -0.1) is 0 Å². The first-order valence-corrected chi connectivity index (χ1v) is 7.85. The Morgan fingerprint density at radius 1 is 1.35 bits per heavy atom. The van der Waals surface area contributed by atoms with Gasteiger partial charge in [0, 0.05) is 5.56 Å². The van der Waals surface area contributed by atoms with E-state index in [9.17, 15) is 9.90 Å². The van der Waals surface area contributed by atoms with E-state index in [2.05, 4.69) is 10.5 Å². The Labute approximate surface area is 136 Å². The highest BCUT2D eigenvalue weighted by Crippen LogP contribution is 2.27. The van der Waals surface area contributed by atoms with Crippen LogP contribution in [0.3, 0.4) is 0 Å². The molecule has 124 valence electrons. The number of carbonyl (C=O) groups is 1. The van der Waals surface area contributed by atoms with Crippen molar-refractivity contribution in [3.8, 4) is 0 Å². The second-order valence-corrected chi connectivity index (χ2v) is 6.08. The second kappa shape index (κ2) is 6.96. The van der Waals surface area contributed by atoms with E-state index in [0.29, 0.717) is 5.76 Å². The highest BCUT2D eigenvalue weighted by atomic mass is 16.5. The molecule has 2 N–H and O–H groups in total. The summed E-state index contributed by atoms with van der Waals surface area (Å²) in [4.78, 5) is 12.4. The third-order valence-corrected chi connectivity index (χ3v) is 4.08. The van der Waals surface area contributed by atoms with Gasteiger partial charge in [0.25, 0.3) is 0 Å². The number of aromatic nitrogens is 1. The summed E-state index contributed by atoms with van der Waals surface area (Å²) in [5.74, 6) is 0.509. The van der Waals surface area contributed by atoms with Crippen LogP contribution in [0.1, 0.15) is 55.3 Å². The number of aliphatic hydroxyl groups is 1. The number of rotatable bonds is 6. The fourth-order valence-electron chi connectivity index (χ4n) is 2.82. The number of nitrogens with one attached hydrogen (secondary N) is 1. The van der Waals surface area contributed by atoms with Gasteiger partial charge in [0.1, 0.15) is 5.76 Å². The van der Waals surface area contributed by atoms with E-state index in [-0.39, 0.29) is 18.4 Å².